The molecule has 0 atom stereocenters. The minimum absolute atomic E-state index is 0.0544. The van der Waals surface area contributed by atoms with Gasteiger partial charge in [-0.2, -0.15) is 0 Å². The highest BCUT2D eigenvalue weighted by Crippen LogP contribution is 2.24. The Morgan fingerprint density at radius 2 is 2.00 bits per heavy atom. The topological polar surface area (TPSA) is 83.4 Å². The molecule has 0 radical (unpaired) electrons. The van der Waals surface area contributed by atoms with E-state index in [0.29, 0.717) is 31.0 Å². The monoisotopic (exact) mass is 337 g/mol. The largest absolute Gasteiger partial charge is 0.481 e. The number of aromatic nitrogens is 1. The van der Waals surface area contributed by atoms with Crippen LogP contribution in [0, 0.1) is 0 Å². The third kappa shape index (κ3) is 4.89. The van der Waals surface area contributed by atoms with Crippen molar-refractivity contribution in [2.45, 2.75) is 19.3 Å². The van der Waals surface area contributed by atoms with Crippen molar-refractivity contribution in [2.24, 2.45) is 7.05 Å². The second kappa shape index (κ2) is 7.87. The molecule has 7 heteroatoms. The Bertz CT molecular complexity index is 712. The van der Waals surface area contributed by atoms with Crippen molar-refractivity contribution in [1.29, 1.82) is 0 Å². The normalized spacial score (nSPS) is 10.7. The Kier molecular flexibility index (Phi) is 5.87. The Balaban J connectivity index is 1.80. The van der Waals surface area contributed by atoms with Crippen LogP contribution in [0.3, 0.4) is 0 Å². The maximum atomic E-state index is 11.6. The molecule has 0 unspecified atom stereocenters. The van der Waals surface area contributed by atoms with E-state index < -0.39 is 5.97 Å². The van der Waals surface area contributed by atoms with E-state index in [0.717, 1.165) is 16.5 Å². The summed E-state index contributed by atoms with van der Waals surface area (Å²) in [6.45, 7) is 0.859. The van der Waals surface area contributed by atoms with Gasteiger partial charge in [0.2, 0.25) is 0 Å². The highest BCUT2D eigenvalue weighted by Gasteiger charge is 2.08. The number of halogens is 1. The fraction of sp³-hybridized carbons (Fsp3) is 0.375. The fourth-order valence-electron chi connectivity index (χ4n) is 2.45. The summed E-state index contributed by atoms with van der Waals surface area (Å²) in [6, 6.07) is 5.48. The minimum atomic E-state index is -0.858. The summed E-state index contributed by atoms with van der Waals surface area (Å²) < 4.78 is 2.02. The van der Waals surface area contributed by atoms with Crippen LogP contribution < -0.4 is 10.6 Å². The van der Waals surface area contributed by atoms with Gasteiger partial charge in [0, 0.05) is 48.7 Å². The maximum absolute atomic E-state index is 11.6. The molecular formula is C16H20ClN3O3. The van der Waals surface area contributed by atoms with Crippen molar-refractivity contribution in [3.8, 4) is 0 Å². The first-order valence-electron chi connectivity index (χ1n) is 7.44. The van der Waals surface area contributed by atoms with E-state index in [1.54, 1.807) is 0 Å². The number of benzene rings is 1. The lowest BCUT2D eigenvalue weighted by Crippen LogP contribution is -2.37. The molecule has 2 amide bonds. The molecule has 1 aromatic heterocycles. The molecule has 23 heavy (non-hydrogen) atoms. The van der Waals surface area contributed by atoms with E-state index >= 15 is 0 Å². The zero-order valence-electron chi connectivity index (χ0n) is 12.9. The van der Waals surface area contributed by atoms with E-state index in [4.69, 9.17) is 16.7 Å². The standard InChI is InChI=1S/C16H20ClN3O3/c1-20-10-11(13-5-4-12(17)9-14(13)20)6-8-19-16(23)18-7-2-3-15(21)22/h4-5,9-10H,2-3,6-8H2,1H3,(H,21,22)(H2,18,19,23). The highest BCUT2D eigenvalue weighted by atomic mass is 35.5. The average Bonchev–Trinajstić information content (AvgIpc) is 2.79. The van der Waals surface area contributed by atoms with Gasteiger partial charge in [0.25, 0.3) is 0 Å². The number of fused-ring (bicyclic) bond motifs is 1. The molecule has 2 rings (SSSR count). The number of aliphatic carboxylic acids is 1. The van der Waals surface area contributed by atoms with Crippen molar-refractivity contribution in [2.75, 3.05) is 13.1 Å². The zero-order valence-corrected chi connectivity index (χ0v) is 13.7. The molecule has 0 spiro atoms. The number of urea groups is 1. The van der Waals surface area contributed by atoms with Crippen LogP contribution >= 0.6 is 11.6 Å². The van der Waals surface area contributed by atoms with Gasteiger partial charge in [-0.15, -0.1) is 0 Å². The third-order valence-electron chi connectivity index (χ3n) is 3.57. The predicted molar refractivity (Wildman–Crippen MR) is 89.9 cm³/mol. The molecule has 2 aromatic rings. The van der Waals surface area contributed by atoms with Crippen LogP contribution in [-0.2, 0) is 18.3 Å². The Hall–Kier alpha value is -2.21. The van der Waals surface area contributed by atoms with Crippen LogP contribution in [0.1, 0.15) is 18.4 Å². The van der Waals surface area contributed by atoms with E-state index in [2.05, 4.69) is 10.6 Å². The summed E-state index contributed by atoms with van der Waals surface area (Å²) in [5, 5.41) is 15.7. The van der Waals surface area contributed by atoms with E-state index in [1.807, 2.05) is 36.0 Å². The van der Waals surface area contributed by atoms with Gasteiger partial charge in [-0.1, -0.05) is 17.7 Å². The summed E-state index contributed by atoms with van der Waals surface area (Å²) in [4.78, 5) is 22.0. The maximum Gasteiger partial charge on any atom is 0.314 e. The molecule has 6 nitrogen and oxygen atoms in total. The van der Waals surface area contributed by atoms with Crippen molar-refractivity contribution in [1.82, 2.24) is 15.2 Å². The number of nitrogens with zero attached hydrogens (tertiary/aromatic N) is 1. The predicted octanol–water partition coefficient (Wildman–Crippen LogP) is 2.54. The van der Waals surface area contributed by atoms with Crippen LogP contribution in [0.2, 0.25) is 5.02 Å². The summed E-state index contributed by atoms with van der Waals surface area (Å²) in [5.74, 6) is -0.858. The van der Waals surface area contributed by atoms with Gasteiger partial charge in [-0.3, -0.25) is 4.79 Å². The molecule has 0 aliphatic rings. The lowest BCUT2D eigenvalue weighted by Gasteiger charge is -2.06. The minimum Gasteiger partial charge on any atom is -0.481 e. The van der Waals surface area contributed by atoms with Gasteiger partial charge in [0.15, 0.2) is 0 Å². The number of carbonyl (C=O) groups excluding carboxylic acids is 1. The van der Waals surface area contributed by atoms with Gasteiger partial charge in [0.05, 0.1) is 0 Å². The summed E-state index contributed by atoms with van der Waals surface area (Å²) in [7, 11) is 1.96. The first-order valence-corrected chi connectivity index (χ1v) is 7.82. The summed E-state index contributed by atoms with van der Waals surface area (Å²) >= 11 is 6.01. The molecule has 0 bridgehead atoms. The van der Waals surface area contributed by atoms with Crippen molar-refractivity contribution >= 4 is 34.5 Å². The quantitative estimate of drug-likeness (QED) is 0.679. The lowest BCUT2D eigenvalue weighted by atomic mass is 10.1. The number of carboxylic acids is 1. The van der Waals surface area contributed by atoms with E-state index in [-0.39, 0.29) is 12.5 Å². The number of carboxylic acid groups (broad SMARTS) is 1. The van der Waals surface area contributed by atoms with E-state index in [9.17, 15) is 9.59 Å². The number of carbonyl (C=O) groups is 2. The number of amides is 2. The SMILES string of the molecule is Cn1cc(CCNC(=O)NCCCC(=O)O)c2ccc(Cl)cc21. The van der Waals surface area contributed by atoms with Crippen molar-refractivity contribution < 1.29 is 14.7 Å². The van der Waals surface area contributed by atoms with Gasteiger partial charge >= 0.3 is 12.0 Å². The van der Waals surface area contributed by atoms with Gasteiger partial charge in [0.1, 0.15) is 0 Å². The Morgan fingerprint density at radius 1 is 1.26 bits per heavy atom. The molecule has 124 valence electrons. The average molecular weight is 338 g/mol. The zero-order chi connectivity index (χ0) is 16.8. The third-order valence-corrected chi connectivity index (χ3v) is 3.80. The lowest BCUT2D eigenvalue weighted by molar-refractivity contribution is -0.137. The molecule has 0 aliphatic heterocycles. The molecule has 0 saturated carbocycles. The van der Waals surface area contributed by atoms with Gasteiger partial charge in [-0.25, -0.2) is 4.79 Å². The van der Waals surface area contributed by atoms with Crippen LogP contribution in [0.4, 0.5) is 4.79 Å². The first kappa shape index (κ1) is 17.1. The molecule has 0 saturated heterocycles. The van der Waals surface area contributed by atoms with E-state index in [1.165, 1.54) is 0 Å². The van der Waals surface area contributed by atoms with Crippen LogP contribution in [0.25, 0.3) is 10.9 Å². The molecule has 3 N–H and O–H groups in total. The second-order valence-electron chi connectivity index (χ2n) is 5.36. The Morgan fingerprint density at radius 3 is 2.74 bits per heavy atom. The van der Waals surface area contributed by atoms with Crippen LogP contribution in [0.5, 0.6) is 0 Å². The molecule has 1 heterocycles. The molecule has 0 aliphatic carbocycles. The van der Waals surface area contributed by atoms with Crippen molar-refractivity contribution in [3.63, 3.8) is 0 Å². The highest BCUT2D eigenvalue weighted by molar-refractivity contribution is 6.31. The fourth-order valence-corrected chi connectivity index (χ4v) is 2.62. The van der Waals surface area contributed by atoms with Crippen LogP contribution in [-0.4, -0.2) is 34.8 Å². The van der Waals surface area contributed by atoms with Crippen molar-refractivity contribution in [3.05, 3.63) is 35.0 Å². The smallest absolute Gasteiger partial charge is 0.314 e. The number of nitrogens with one attached hydrogen (secondary N) is 2. The number of aryl methyl sites for hydroxylation is 1. The number of rotatable bonds is 7. The molecule has 0 fully saturated rings. The Labute approximate surface area is 139 Å². The number of hydrogen-bond donors (Lipinski definition) is 3. The first-order chi connectivity index (χ1) is 11.0. The van der Waals surface area contributed by atoms with Gasteiger partial charge < -0.3 is 20.3 Å². The second-order valence-corrected chi connectivity index (χ2v) is 5.79. The van der Waals surface area contributed by atoms with Gasteiger partial charge in [-0.05, 0) is 30.5 Å². The van der Waals surface area contributed by atoms with Crippen LogP contribution in [0.15, 0.2) is 24.4 Å². The summed E-state index contributed by atoms with van der Waals surface area (Å²) in [5.41, 5.74) is 2.20. The summed E-state index contributed by atoms with van der Waals surface area (Å²) in [6.07, 6.45) is 3.22. The molecular weight excluding hydrogens is 318 g/mol. The molecule has 1 aromatic carbocycles. The number of hydrogen-bond acceptors (Lipinski definition) is 2.